The summed E-state index contributed by atoms with van der Waals surface area (Å²) in [4.78, 5) is 10.2. The standard InChI is InChI=1S/C6H12O3/c1-4(7)5(2)9-6(3)8/h4-5,7H,1-3H3. The average Bonchev–Trinajstić information content (AvgIpc) is 1.63. The number of carbonyl (C=O) groups is 1. The van der Waals surface area contributed by atoms with Crippen molar-refractivity contribution in [2.24, 2.45) is 0 Å². The molecule has 0 saturated carbocycles. The zero-order valence-electron chi connectivity index (χ0n) is 5.92. The smallest absolute Gasteiger partial charge is 0.302 e. The van der Waals surface area contributed by atoms with E-state index in [0.717, 1.165) is 0 Å². The predicted octanol–water partition coefficient (Wildman–Crippen LogP) is 0.319. The summed E-state index contributed by atoms with van der Waals surface area (Å²) in [7, 11) is 0. The lowest BCUT2D eigenvalue weighted by Gasteiger charge is -2.13. The van der Waals surface area contributed by atoms with Crippen molar-refractivity contribution in [1.82, 2.24) is 0 Å². The molecule has 0 amide bonds. The normalized spacial score (nSPS) is 16.4. The molecule has 0 aliphatic heterocycles. The van der Waals surface area contributed by atoms with E-state index in [-0.39, 0.29) is 5.97 Å². The fraction of sp³-hybridized carbons (Fsp3) is 0.833. The molecular weight excluding hydrogens is 120 g/mol. The topological polar surface area (TPSA) is 46.5 Å². The highest BCUT2D eigenvalue weighted by atomic mass is 16.6. The first kappa shape index (κ1) is 8.43. The van der Waals surface area contributed by atoms with E-state index in [4.69, 9.17) is 5.11 Å². The second-order valence-electron chi connectivity index (χ2n) is 2.06. The van der Waals surface area contributed by atoms with Crippen LogP contribution in [-0.4, -0.2) is 23.3 Å². The van der Waals surface area contributed by atoms with E-state index in [9.17, 15) is 4.79 Å². The van der Waals surface area contributed by atoms with Gasteiger partial charge in [-0.25, -0.2) is 0 Å². The molecule has 3 heteroatoms. The van der Waals surface area contributed by atoms with E-state index in [1.165, 1.54) is 6.92 Å². The number of rotatable bonds is 2. The SMILES string of the molecule is CC(=O)OC(C)C(C)O. The number of aliphatic hydroxyl groups is 1. The Morgan fingerprint density at radius 3 is 2.11 bits per heavy atom. The Bertz CT molecular complexity index is 98.5. The van der Waals surface area contributed by atoms with Crippen LogP contribution in [0.15, 0.2) is 0 Å². The zero-order valence-corrected chi connectivity index (χ0v) is 5.92. The highest BCUT2D eigenvalue weighted by Crippen LogP contribution is 1.96. The number of aliphatic hydroxyl groups excluding tert-OH is 1. The Kier molecular flexibility index (Phi) is 3.24. The molecule has 0 aliphatic rings. The zero-order chi connectivity index (χ0) is 7.44. The molecule has 0 aromatic rings. The Morgan fingerprint density at radius 2 is 2.00 bits per heavy atom. The molecule has 0 bridgehead atoms. The van der Waals surface area contributed by atoms with Gasteiger partial charge in [-0.05, 0) is 13.8 Å². The number of esters is 1. The van der Waals surface area contributed by atoms with Gasteiger partial charge < -0.3 is 9.84 Å². The van der Waals surface area contributed by atoms with Crippen LogP contribution < -0.4 is 0 Å². The Balaban J connectivity index is 3.50. The third-order valence-corrected chi connectivity index (χ3v) is 1.03. The van der Waals surface area contributed by atoms with Crippen molar-refractivity contribution < 1.29 is 14.6 Å². The van der Waals surface area contributed by atoms with Gasteiger partial charge in [0, 0.05) is 6.92 Å². The highest BCUT2D eigenvalue weighted by Gasteiger charge is 2.10. The molecule has 0 aromatic carbocycles. The van der Waals surface area contributed by atoms with Crippen molar-refractivity contribution in [3.8, 4) is 0 Å². The molecule has 1 N–H and O–H groups in total. The van der Waals surface area contributed by atoms with Gasteiger partial charge in [-0.15, -0.1) is 0 Å². The van der Waals surface area contributed by atoms with Crippen molar-refractivity contribution in [2.75, 3.05) is 0 Å². The lowest BCUT2D eigenvalue weighted by Crippen LogP contribution is -2.24. The summed E-state index contributed by atoms with van der Waals surface area (Å²) in [6.45, 7) is 4.54. The van der Waals surface area contributed by atoms with Crippen molar-refractivity contribution >= 4 is 5.97 Å². The van der Waals surface area contributed by atoms with E-state index in [1.807, 2.05) is 0 Å². The molecule has 0 fully saturated rings. The van der Waals surface area contributed by atoms with Gasteiger partial charge >= 0.3 is 5.97 Å². The third-order valence-electron chi connectivity index (χ3n) is 1.03. The largest absolute Gasteiger partial charge is 0.460 e. The van der Waals surface area contributed by atoms with Gasteiger partial charge in [0.2, 0.25) is 0 Å². The predicted molar refractivity (Wildman–Crippen MR) is 32.9 cm³/mol. The van der Waals surface area contributed by atoms with Crippen LogP contribution in [0.25, 0.3) is 0 Å². The average molecular weight is 132 g/mol. The highest BCUT2D eigenvalue weighted by molar-refractivity contribution is 5.66. The third kappa shape index (κ3) is 3.97. The number of hydrogen-bond donors (Lipinski definition) is 1. The molecule has 0 radical (unpaired) electrons. The van der Waals surface area contributed by atoms with Crippen LogP contribution in [-0.2, 0) is 9.53 Å². The summed E-state index contributed by atoms with van der Waals surface area (Å²) in [5.74, 6) is -0.358. The maximum atomic E-state index is 10.2. The van der Waals surface area contributed by atoms with Crippen molar-refractivity contribution in [1.29, 1.82) is 0 Å². The summed E-state index contributed by atoms with van der Waals surface area (Å²) in [6.07, 6.45) is -0.989. The molecule has 0 spiro atoms. The lowest BCUT2D eigenvalue weighted by atomic mass is 10.3. The van der Waals surface area contributed by atoms with Gasteiger partial charge in [-0.1, -0.05) is 0 Å². The van der Waals surface area contributed by atoms with Crippen molar-refractivity contribution in [3.63, 3.8) is 0 Å². The van der Waals surface area contributed by atoms with Crippen molar-refractivity contribution in [2.45, 2.75) is 33.0 Å². The first-order chi connectivity index (χ1) is 4.04. The number of carbonyl (C=O) groups excluding carboxylic acids is 1. The molecule has 2 atom stereocenters. The van der Waals surface area contributed by atoms with Crippen LogP contribution in [0.5, 0.6) is 0 Å². The van der Waals surface area contributed by atoms with E-state index in [2.05, 4.69) is 4.74 Å². The molecule has 3 nitrogen and oxygen atoms in total. The second-order valence-corrected chi connectivity index (χ2v) is 2.06. The van der Waals surface area contributed by atoms with Gasteiger partial charge in [0.25, 0.3) is 0 Å². The maximum Gasteiger partial charge on any atom is 0.302 e. The molecule has 0 saturated heterocycles. The monoisotopic (exact) mass is 132 g/mol. The van der Waals surface area contributed by atoms with Crippen LogP contribution >= 0.6 is 0 Å². The molecule has 2 unspecified atom stereocenters. The molecule has 0 rings (SSSR count). The quantitative estimate of drug-likeness (QED) is 0.550. The summed E-state index contributed by atoms with van der Waals surface area (Å²) < 4.78 is 4.62. The minimum atomic E-state index is -0.589. The Labute approximate surface area is 54.6 Å². The molecular formula is C6H12O3. The molecule has 9 heavy (non-hydrogen) atoms. The lowest BCUT2D eigenvalue weighted by molar-refractivity contribution is -0.150. The maximum absolute atomic E-state index is 10.2. The molecule has 0 aliphatic carbocycles. The van der Waals surface area contributed by atoms with E-state index < -0.39 is 12.2 Å². The fourth-order valence-electron chi connectivity index (χ4n) is 0.360. The molecule has 54 valence electrons. The second kappa shape index (κ2) is 3.45. The van der Waals surface area contributed by atoms with E-state index in [1.54, 1.807) is 13.8 Å². The molecule has 0 aromatic heterocycles. The Hall–Kier alpha value is -0.570. The van der Waals surface area contributed by atoms with Crippen molar-refractivity contribution in [3.05, 3.63) is 0 Å². The van der Waals surface area contributed by atoms with Gasteiger partial charge in [0.05, 0.1) is 6.10 Å². The van der Waals surface area contributed by atoms with E-state index in [0.29, 0.717) is 0 Å². The summed E-state index contributed by atoms with van der Waals surface area (Å²) >= 11 is 0. The van der Waals surface area contributed by atoms with Crippen LogP contribution in [0.2, 0.25) is 0 Å². The van der Waals surface area contributed by atoms with Gasteiger partial charge in [-0.2, -0.15) is 0 Å². The minimum absolute atomic E-state index is 0.358. The van der Waals surface area contributed by atoms with Crippen LogP contribution in [0.3, 0.4) is 0 Å². The number of hydrogen-bond acceptors (Lipinski definition) is 3. The summed E-state index contributed by atoms with van der Waals surface area (Å²) in [6, 6.07) is 0. The summed E-state index contributed by atoms with van der Waals surface area (Å²) in [5.41, 5.74) is 0. The van der Waals surface area contributed by atoms with Gasteiger partial charge in [-0.3, -0.25) is 4.79 Å². The van der Waals surface area contributed by atoms with Crippen LogP contribution in [0, 0.1) is 0 Å². The molecule has 0 heterocycles. The van der Waals surface area contributed by atoms with Crippen LogP contribution in [0.4, 0.5) is 0 Å². The first-order valence-corrected chi connectivity index (χ1v) is 2.89. The fourth-order valence-corrected chi connectivity index (χ4v) is 0.360. The Morgan fingerprint density at radius 1 is 1.56 bits per heavy atom. The van der Waals surface area contributed by atoms with Crippen LogP contribution in [0.1, 0.15) is 20.8 Å². The first-order valence-electron chi connectivity index (χ1n) is 2.89. The number of ether oxygens (including phenoxy) is 1. The van der Waals surface area contributed by atoms with E-state index >= 15 is 0 Å². The minimum Gasteiger partial charge on any atom is -0.460 e. The summed E-state index contributed by atoms with van der Waals surface area (Å²) in [5, 5.41) is 8.79. The van der Waals surface area contributed by atoms with Gasteiger partial charge in [0.1, 0.15) is 6.10 Å². The van der Waals surface area contributed by atoms with Gasteiger partial charge in [0.15, 0.2) is 0 Å².